The molecule has 0 saturated heterocycles. The maximum atomic E-state index is 4.88. The summed E-state index contributed by atoms with van der Waals surface area (Å²) in [5.41, 5.74) is 8.65. The van der Waals surface area contributed by atoms with Gasteiger partial charge in [-0.2, -0.15) is 0 Å². The van der Waals surface area contributed by atoms with Gasteiger partial charge in [0, 0.05) is 22.4 Å². The highest BCUT2D eigenvalue weighted by Crippen LogP contribution is 2.46. The standard InChI is InChI=1S/C31H23N/c1-20-16-17-23(21(2)18-20)30-25-13-7-6-12-24(25)29(22-10-4-3-5-11-22)31-26-14-8-9-15-28(26)32-19-27(30)31/h3-19H,1-2H3. The van der Waals surface area contributed by atoms with Gasteiger partial charge in [0.2, 0.25) is 0 Å². The summed E-state index contributed by atoms with van der Waals surface area (Å²) in [5, 5.41) is 6.21. The molecule has 1 nitrogen and oxygen atoms in total. The van der Waals surface area contributed by atoms with Crippen LogP contribution in [-0.4, -0.2) is 4.98 Å². The Hall–Kier alpha value is -3.97. The Bertz CT molecular complexity index is 1630. The fraction of sp³-hybridized carbons (Fsp3) is 0.0645. The van der Waals surface area contributed by atoms with Crippen LogP contribution in [0.1, 0.15) is 11.1 Å². The van der Waals surface area contributed by atoms with Crippen molar-refractivity contribution in [1.29, 1.82) is 0 Å². The lowest BCUT2D eigenvalue weighted by Gasteiger charge is -2.20. The zero-order valence-electron chi connectivity index (χ0n) is 18.3. The summed E-state index contributed by atoms with van der Waals surface area (Å²) < 4.78 is 0. The van der Waals surface area contributed by atoms with E-state index in [0.717, 1.165) is 5.52 Å². The van der Waals surface area contributed by atoms with Crippen molar-refractivity contribution >= 4 is 32.4 Å². The average molecular weight is 410 g/mol. The zero-order chi connectivity index (χ0) is 21.7. The Morgan fingerprint density at radius 3 is 1.97 bits per heavy atom. The van der Waals surface area contributed by atoms with Crippen LogP contribution in [0, 0.1) is 13.8 Å². The van der Waals surface area contributed by atoms with Crippen LogP contribution in [0.25, 0.3) is 54.7 Å². The predicted octanol–water partition coefficient (Wildman–Crippen LogP) is 8.49. The highest BCUT2D eigenvalue weighted by atomic mass is 14.6. The van der Waals surface area contributed by atoms with E-state index in [2.05, 4.69) is 117 Å². The van der Waals surface area contributed by atoms with Gasteiger partial charge in [0.25, 0.3) is 0 Å². The van der Waals surface area contributed by atoms with Crippen LogP contribution >= 0.6 is 0 Å². The third kappa shape index (κ3) is 2.82. The van der Waals surface area contributed by atoms with E-state index in [1.807, 2.05) is 0 Å². The lowest BCUT2D eigenvalue weighted by atomic mass is 9.84. The Kier molecular flexibility index (Phi) is 4.29. The zero-order valence-corrected chi connectivity index (χ0v) is 18.3. The Morgan fingerprint density at radius 1 is 0.562 bits per heavy atom. The Labute approximate surface area is 188 Å². The highest BCUT2D eigenvalue weighted by molar-refractivity contribution is 6.27. The number of benzene rings is 5. The van der Waals surface area contributed by atoms with Crippen LogP contribution in [0.5, 0.6) is 0 Å². The first-order valence-corrected chi connectivity index (χ1v) is 11.1. The van der Waals surface area contributed by atoms with Crippen molar-refractivity contribution in [3.8, 4) is 22.3 Å². The summed E-state index contributed by atoms with van der Waals surface area (Å²) in [6.07, 6.45) is 2.07. The van der Waals surface area contributed by atoms with Gasteiger partial charge in [0.15, 0.2) is 0 Å². The highest BCUT2D eigenvalue weighted by Gasteiger charge is 2.19. The average Bonchev–Trinajstić information content (AvgIpc) is 2.83. The van der Waals surface area contributed by atoms with Crippen LogP contribution in [0.3, 0.4) is 0 Å². The molecule has 0 bridgehead atoms. The monoisotopic (exact) mass is 409 g/mol. The number of hydrogen-bond donors (Lipinski definition) is 0. The van der Waals surface area contributed by atoms with Crippen molar-refractivity contribution < 1.29 is 0 Å². The van der Waals surface area contributed by atoms with Crippen molar-refractivity contribution in [3.63, 3.8) is 0 Å². The second-order valence-electron chi connectivity index (χ2n) is 8.54. The van der Waals surface area contributed by atoms with Gasteiger partial charge in [0.1, 0.15) is 0 Å². The third-order valence-corrected chi connectivity index (χ3v) is 6.47. The Balaban J connectivity index is 1.92. The molecular weight excluding hydrogens is 386 g/mol. The molecule has 0 amide bonds. The number of pyridine rings is 1. The predicted molar refractivity (Wildman–Crippen MR) is 137 cm³/mol. The van der Waals surface area contributed by atoms with Gasteiger partial charge in [-0.3, -0.25) is 4.98 Å². The maximum Gasteiger partial charge on any atom is 0.0708 e. The molecule has 0 atom stereocenters. The van der Waals surface area contributed by atoms with Crippen molar-refractivity contribution in [1.82, 2.24) is 4.98 Å². The smallest absolute Gasteiger partial charge is 0.0708 e. The van der Waals surface area contributed by atoms with Crippen LogP contribution in [0.4, 0.5) is 0 Å². The largest absolute Gasteiger partial charge is 0.256 e. The normalized spacial score (nSPS) is 11.4. The number of fused-ring (bicyclic) bond motifs is 4. The second kappa shape index (κ2) is 7.32. The second-order valence-corrected chi connectivity index (χ2v) is 8.54. The molecule has 0 N–H and O–H groups in total. The number of para-hydroxylation sites is 1. The minimum absolute atomic E-state index is 1.03. The molecule has 1 aromatic heterocycles. The molecule has 1 heteroatoms. The molecule has 0 unspecified atom stereocenters. The third-order valence-electron chi connectivity index (χ3n) is 6.47. The van der Waals surface area contributed by atoms with Gasteiger partial charge in [-0.25, -0.2) is 0 Å². The number of aromatic nitrogens is 1. The van der Waals surface area contributed by atoms with E-state index in [4.69, 9.17) is 4.98 Å². The topological polar surface area (TPSA) is 12.9 Å². The number of nitrogens with zero attached hydrogens (tertiary/aromatic N) is 1. The fourth-order valence-corrected chi connectivity index (χ4v) is 5.09. The molecule has 152 valence electrons. The van der Waals surface area contributed by atoms with Gasteiger partial charge in [-0.1, -0.05) is 96.6 Å². The minimum Gasteiger partial charge on any atom is -0.256 e. The van der Waals surface area contributed by atoms with Crippen molar-refractivity contribution in [2.45, 2.75) is 13.8 Å². The summed E-state index contributed by atoms with van der Waals surface area (Å²) in [7, 11) is 0. The van der Waals surface area contributed by atoms with E-state index in [9.17, 15) is 0 Å². The van der Waals surface area contributed by atoms with E-state index in [1.54, 1.807) is 0 Å². The summed E-state index contributed by atoms with van der Waals surface area (Å²) in [4.78, 5) is 4.88. The molecule has 0 aliphatic heterocycles. The fourth-order valence-electron chi connectivity index (χ4n) is 5.09. The number of hydrogen-bond acceptors (Lipinski definition) is 1. The van der Waals surface area contributed by atoms with Crippen molar-refractivity contribution in [2.75, 3.05) is 0 Å². The summed E-state index contributed by atoms with van der Waals surface area (Å²) >= 11 is 0. The number of rotatable bonds is 2. The molecule has 0 fully saturated rings. The van der Waals surface area contributed by atoms with E-state index in [1.165, 1.54) is 60.3 Å². The van der Waals surface area contributed by atoms with Crippen LogP contribution < -0.4 is 0 Å². The molecule has 6 rings (SSSR count). The summed E-state index contributed by atoms with van der Waals surface area (Å²) in [5.74, 6) is 0. The number of aryl methyl sites for hydroxylation is 2. The van der Waals surface area contributed by atoms with Crippen molar-refractivity contribution in [2.24, 2.45) is 0 Å². The van der Waals surface area contributed by atoms with Crippen molar-refractivity contribution in [3.05, 3.63) is 114 Å². The van der Waals surface area contributed by atoms with Crippen LogP contribution in [0.2, 0.25) is 0 Å². The molecule has 0 aliphatic rings. The van der Waals surface area contributed by atoms with E-state index >= 15 is 0 Å². The molecule has 6 aromatic rings. The quantitative estimate of drug-likeness (QED) is 0.206. The van der Waals surface area contributed by atoms with Crippen LogP contribution in [-0.2, 0) is 0 Å². The Morgan fingerprint density at radius 2 is 1.22 bits per heavy atom. The summed E-state index contributed by atoms with van der Waals surface area (Å²) in [6, 6.07) is 34.8. The molecule has 0 radical (unpaired) electrons. The van der Waals surface area contributed by atoms with Crippen LogP contribution in [0.15, 0.2) is 103 Å². The van der Waals surface area contributed by atoms with Gasteiger partial charge in [0.05, 0.1) is 5.52 Å². The first kappa shape index (κ1) is 18.8. The molecule has 0 spiro atoms. The molecule has 5 aromatic carbocycles. The minimum atomic E-state index is 1.03. The molecule has 0 aliphatic carbocycles. The van der Waals surface area contributed by atoms with Gasteiger partial charge in [-0.15, -0.1) is 0 Å². The molecule has 0 saturated carbocycles. The van der Waals surface area contributed by atoms with Gasteiger partial charge >= 0.3 is 0 Å². The summed E-state index contributed by atoms with van der Waals surface area (Å²) in [6.45, 7) is 4.36. The molecule has 1 heterocycles. The van der Waals surface area contributed by atoms with Gasteiger partial charge in [-0.05, 0) is 58.5 Å². The first-order chi connectivity index (χ1) is 15.7. The van der Waals surface area contributed by atoms with E-state index in [0.29, 0.717) is 0 Å². The van der Waals surface area contributed by atoms with E-state index < -0.39 is 0 Å². The maximum absolute atomic E-state index is 4.88. The molecule has 32 heavy (non-hydrogen) atoms. The lowest BCUT2D eigenvalue weighted by molar-refractivity contribution is 1.39. The lowest BCUT2D eigenvalue weighted by Crippen LogP contribution is -1.94. The molecular formula is C31H23N. The van der Waals surface area contributed by atoms with Gasteiger partial charge < -0.3 is 0 Å². The SMILES string of the molecule is Cc1ccc(-c2c3ccccc3c(-c3ccccc3)c3c2cnc2ccccc23)c(C)c1. The first-order valence-electron chi connectivity index (χ1n) is 11.1. The van der Waals surface area contributed by atoms with E-state index in [-0.39, 0.29) is 0 Å².